The van der Waals surface area contributed by atoms with Gasteiger partial charge in [0.25, 0.3) is 0 Å². The number of carboxylic acids is 1. The zero-order valence-electron chi connectivity index (χ0n) is 11.4. The second kappa shape index (κ2) is 14.4. The molecule has 108 valence electrons. The topological polar surface area (TPSA) is 65.0 Å². The molecule has 0 atom stereocenters. The third kappa shape index (κ3) is 15.4. The minimum Gasteiger partial charge on any atom is -0.481 e. The van der Waals surface area contributed by atoms with Gasteiger partial charge < -0.3 is 19.3 Å². The molecule has 0 aromatic heterocycles. The van der Waals surface area contributed by atoms with Gasteiger partial charge in [0.1, 0.15) is 0 Å². The highest BCUT2D eigenvalue weighted by Crippen LogP contribution is 1.95. The first-order valence-electron chi connectivity index (χ1n) is 6.72. The van der Waals surface area contributed by atoms with Crippen LogP contribution >= 0.6 is 0 Å². The molecule has 0 aromatic carbocycles. The summed E-state index contributed by atoms with van der Waals surface area (Å²) in [6.07, 6.45) is 3.92. The Labute approximate surface area is 109 Å². The second-order valence-electron chi connectivity index (χ2n) is 4.04. The molecule has 5 nitrogen and oxygen atoms in total. The van der Waals surface area contributed by atoms with Gasteiger partial charge in [-0.2, -0.15) is 0 Å². The molecule has 5 heteroatoms. The maximum absolute atomic E-state index is 10.2. The molecule has 0 aliphatic heterocycles. The van der Waals surface area contributed by atoms with Gasteiger partial charge in [0.05, 0.1) is 26.4 Å². The highest BCUT2D eigenvalue weighted by atomic mass is 16.5. The number of aliphatic carboxylic acids is 1. The lowest BCUT2D eigenvalue weighted by atomic mass is 10.2. The van der Waals surface area contributed by atoms with Crippen molar-refractivity contribution in [2.75, 3.05) is 39.6 Å². The molecule has 0 heterocycles. The van der Waals surface area contributed by atoms with Crippen LogP contribution in [0.5, 0.6) is 0 Å². The molecule has 18 heavy (non-hydrogen) atoms. The molecule has 0 rings (SSSR count). The third-order valence-corrected chi connectivity index (χ3v) is 2.32. The van der Waals surface area contributed by atoms with Crippen molar-refractivity contribution in [1.82, 2.24) is 0 Å². The highest BCUT2D eigenvalue weighted by Gasteiger charge is 1.96. The summed E-state index contributed by atoms with van der Waals surface area (Å²) in [5, 5.41) is 8.42. The summed E-state index contributed by atoms with van der Waals surface area (Å²) in [5.41, 5.74) is 0. The van der Waals surface area contributed by atoms with Gasteiger partial charge in [-0.05, 0) is 19.3 Å². The molecule has 0 radical (unpaired) electrons. The Kier molecular flexibility index (Phi) is 13.9. The minimum atomic E-state index is -0.749. The van der Waals surface area contributed by atoms with E-state index < -0.39 is 5.97 Å². The molecule has 0 aliphatic rings. The zero-order chi connectivity index (χ0) is 13.5. The average Bonchev–Trinajstić information content (AvgIpc) is 2.34. The molecule has 0 spiro atoms. The summed E-state index contributed by atoms with van der Waals surface area (Å²) in [4.78, 5) is 10.2. The predicted octanol–water partition coefficient (Wildman–Crippen LogP) is 2.09. The summed E-state index contributed by atoms with van der Waals surface area (Å²) in [6.45, 7) is 5.90. The van der Waals surface area contributed by atoms with Crippen LogP contribution in [0.15, 0.2) is 0 Å². The first-order valence-corrected chi connectivity index (χ1v) is 6.72. The van der Waals surface area contributed by atoms with Crippen molar-refractivity contribution in [3.05, 3.63) is 0 Å². The normalized spacial score (nSPS) is 10.7. The lowest BCUT2D eigenvalue weighted by molar-refractivity contribution is -0.137. The highest BCUT2D eigenvalue weighted by molar-refractivity contribution is 5.66. The summed E-state index contributed by atoms with van der Waals surface area (Å²) < 4.78 is 16.0. The molecule has 0 bridgehead atoms. The summed E-state index contributed by atoms with van der Waals surface area (Å²) >= 11 is 0. The maximum Gasteiger partial charge on any atom is 0.303 e. The number of unbranched alkanes of at least 4 members (excludes halogenated alkanes) is 2. The summed E-state index contributed by atoms with van der Waals surface area (Å²) in [7, 11) is 0. The lowest BCUT2D eigenvalue weighted by Gasteiger charge is -2.06. The second-order valence-corrected chi connectivity index (χ2v) is 4.04. The van der Waals surface area contributed by atoms with E-state index in [1.54, 1.807) is 0 Å². The van der Waals surface area contributed by atoms with Crippen LogP contribution in [0.1, 0.15) is 39.0 Å². The van der Waals surface area contributed by atoms with Crippen molar-refractivity contribution in [1.29, 1.82) is 0 Å². The summed E-state index contributed by atoms with van der Waals surface area (Å²) in [5.74, 6) is -0.749. The van der Waals surface area contributed by atoms with Gasteiger partial charge in [0.2, 0.25) is 0 Å². The number of ether oxygens (including phenoxy) is 3. The zero-order valence-corrected chi connectivity index (χ0v) is 11.4. The van der Waals surface area contributed by atoms with E-state index in [-0.39, 0.29) is 6.42 Å². The van der Waals surface area contributed by atoms with Gasteiger partial charge in [-0.3, -0.25) is 4.79 Å². The number of carbonyl (C=O) groups is 1. The molecule has 0 saturated heterocycles. The van der Waals surface area contributed by atoms with Gasteiger partial charge >= 0.3 is 5.97 Å². The Hall–Kier alpha value is -0.650. The van der Waals surface area contributed by atoms with Crippen LogP contribution in [-0.4, -0.2) is 50.7 Å². The van der Waals surface area contributed by atoms with E-state index in [1.807, 2.05) is 0 Å². The van der Waals surface area contributed by atoms with E-state index in [2.05, 4.69) is 6.92 Å². The van der Waals surface area contributed by atoms with E-state index in [1.165, 1.54) is 0 Å². The molecule has 1 N–H and O–H groups in total. The molecule has 0 saturated carbocycles. The van der Waals surface area contributed by atoms with Gasteiger partial charge in [-0.1, -0.05) is 13.3 Å². The van der Waals surface area contributed by atoms with Crippen LogP contribution in [0.25, 0.3) is 0 Å². The Balaban J connectivity index is 2.92. The van der Waals surface area contributed by atoms with Gasteiger partial charge in [0.15, 0.2) is 0 Å². The molecule has 0 amide bonds. The summed E-state index contributed by atoms with van der Waals surface area (Å²) in [6, 6.07) is 0. The van der Waals surface area contributed by atoms with Crippen molar-refractivity contribution in [3.8, 4) is 0 Å². The molecular formula is C13H26O5. The standard InChI is InChI=1S/C13H26O5/c1-2-3-7-16-9-11-18-12-10-17-8-5-4-6-13(14)15/h2-12H2,1H3,(H,14,15). The monoisotopic (exact) mass is 262 g/mol. The lowest BCUT2D eigenvalue weighted by Crippen LogP contribution is -2.10. The first kappa shape index (κ1) is 17.4. The number of rotatable bonds is 14. The minimum absolute atomic E-state index is 0.217. The number of hydrogen-bond acceptors (Lipinski definition) is 4. The van der Waals surface area contributed by atoms with Crippen molar-refractivity contribution < 1.29 is 24.1 Å². The molecule has 0 aromatic rings. The van der Waals surface area contributed by atoms with Crippen LogP contribution in [-0.2, 0) is 19.0 Å². The van der Waals surface area contributed by atoms with Crippen LogP contribution in [0.3, 0.4) is 0 Å². The van der Waals surface area contributed by atoms with Crippen LogP contribution in [0.2, 0.25) is 0 Å². The Morgan fingerprint density at radius 2 is 1.33 bits per heavy atom. The molecule has 0 unspecified atom stereocenters. The van der Waals surface area contributed by atoms with Crippen molar-refractivity contribution >= 4 is 5.97 Å². The average molecular weight is 262 g/mol. The predicted molar refractivity (Wildman–Crippen MR) is 68.9 cm³/mol. The third-order valence-electron chi connectivity index (χ3n) is 2.32. The van der Waals surface area contributed by atoms with Crippen LogP contribution < -0.4 is 0 Å². The number of carboxylic acid groups (broad SMARTS) is 1. The van der Waals surface area contributed by atoms with E-state index in [0.29, 0.717) is 39.5 Å². The maximum atomic E-state index is 10.2. The Bertz CT molecular complexity index is 184. The molecular weight excluding hydrogens is 236 g/mol. The SMILES string of the molecule is CCCCOCCOCCOCCCCC(=O)O. The molecule has 0 aliphatic carbocycles. The van der Waals surface area contributed by atoms with Crippen molar-refractivity contribution in [2.45, 2.75) is 39.0 Å². The van der Waals surface area contributed by atoms with E-state index in [9.17, 15) is 4.79 Å². The van der Waals surface area contributed by atoms with Crippen molar-refractivity contribution in [3.63, 3.8) is 0 Å². The fourth-order valence-electron chi connectivity index (χ4n) is 1.27. The van der Waals surface area contributed by atoms with Gasteiger partial charge in [-0.25, -0.2) is 0 Å². The van der Waals surface area contributed by atoms with E-state index in [4.69, 9.17) is 19.3 Å². The van der Waals surface area contributed by atoms with Gasteiger partial charge in [0, 0.05) is 19.6 Å². The van der Waals surface area contributed by atoms with Gasteiger partial charge in [-0.15, -0.1) is 0 Å². The molecule has 0 fully saturated rings. The van der Waals surface area contributed by atoms with E-state index in [0.717, 1.165) is 25.9 Å². The Morgan fingerprint density at radius 3 is 1.83 bits per heavy atom. The fourth-order valence-corrected chi connectivity index (χ4v) is 1.27. The number of hydrogen-bond donors (Lipinski definition) is 1. The van der Waals surface area contributed by atoms with Crippen molar-refractivity contribution in [2.24, 2.45) is 0 Å². The van der Waals surface area contributed by atoms with Crippen LogP contribution in [0.4, 0.5) is 0 Å². The fraction of sp³-hybridized carbons (Fsp3) is 0.923. The largest absolute Gasteiger partial charge is 0.481 e. The van der Waals surface area contributed by atoms with Crippen LogP contribution in [0, 0.1) is 0 Å². The quantitative estimate of drug-likeness (QED) is 0.486. The smallest absolute Gasteiger partial charge is 0.303 e. The van der Waals surface area contributed by atoms with E-state index >= 15 is 0 Å². The first-order chi connectivity index (χ1) is 8.77. The Morgan fingerprint density at radius 1 is 0.833 bits per heavy atom.